The average molecular weight is 242 g/mol. The van der Waals surface area contributed by atoms with Gasteiger partial charge in [-0.15, -0.1) is 0 Å². The zero-order valence-corrected chi connectivity index (χ0v) is 11.1. The Kier molecular flexibility index (Phi) is 4.14. The Balaban J connectivity index is 2.61. The molecule has 1 rings (SSSR count). The molecule has 0 bridgehead atoms. The van der Waals surface area contributed by atoms with E-state index in [9.17, 15) is 9.59 Å². The number of rotatable bonds is 4. The van der Waals surface area contributed by atoms with Crippen LogP contribution >= 0.6 is 0 Å². The minimum atomic E-state index is -1.34. The van der Waals surface area contributed by atoms with Crippen molar-refractivity contribution in [3.8, 4) is 0 Å². The Bertz CT molecular complexity index is 315. The molecule has 1 heterocycles. The van der Waals surface area contributed by atoms with Crippen LogP contribution in [0.15, 0.2) is 0 Å². The van der Waals surface area contributed by atoms with E-state index in [0.717, 1.165) is 19.4 Å². The van der Waals surface area contributed by atoms with Crippen LogP contribution in [0.2, 0.25) is 0 Å². The van der Waals surface area contributed by atoms with Crippen molar-refractivity contribution in [3.05, 3.63) is 0 Å². The van der Waals surface area contributed by atoms with Crippen LogP contribution in [0.3, 0.4) is 0 Å². The van der Waals surface area contributed by atoms with Gasteiger partial charge < -0.3 is 14.9 Å². The maximum absolute atomic E-state index is 12.0. The minimum Gasteiger partial charge on any atom is -0.480 e. The zero-order chi connectivity index (χ0) is 13.2. The Labute approximate surface area is 102 Å². The van der Waals surface area contributed by atoms with Crippen molar-refractivity contribution in [1.82, 2.24) is 9.80 Å². The highest BCUT2D eigenvalue weighted by Gasteiger charge is 2.39. The standard InChI is InChI=1S/C12H22N2O3/c1-12(2,11(16)17)10(15)14(4)8-9-6-5-7-13(9)3/h9H,5-8H2,1-4H3,(H,16,17). The van der Waals surface area contributed by atoms with Gasteiger partial charge in [0.2, 0.25) is 5.91 Å². The van der Waals surface area contributed by atoms with Crippen molar-refractivity contribution in [1.29, 1.82) is 0 Å². The van der Waals surface area contributed by atoms with E-state index in [-0.39, 0.29) is 5.91 Å². The smallest absolute Gasteiger partial charge is 0.318 e. The lowest BCUT2D eigenvalue weighted by molar-refractivity contribution is -0.157. The van der Waals surface area contributed by atoms with Crippen molar-refractivity contribution >= 4 is 11.9 Å². The molecule has 0 aromatic carbocycles. The molecule has 1 fully saturated rings. The van der Waals surface area contributed by atoms with Gasteiger partial charge in [-0.3, -0.25) is 9.59 Å². The summed E-state index contributed by atoms with van der Waals surface area (Å²) in [5, 5.41) is 9.02. The number of hydrogen-bond donors (Lipinski definition) is 1. The van der Waals surface area contributed by atoms with Crippen LogP contribution in [-0.4, -0.2) is 60.0 Å². The van der Waals surface area contributed by atoms with Gasteiger partial charge in [-0.1, -0.05) is 0 Å². The van der Waals surface area contributed by atoms with Gasteiger partial charge in [0.25, 0.3) is 0 Å². The first-order valence-electron chi connectivity index (χ1n) is 5.96. The van der Waals surface area contributed by atoms with Gasteiger partial charge in [-0.2, -0.15) is 0 Å². The topological polar surface area (TPSA) is 60.9 Å². The van der Waals surface area contributed by atoms with Crippen LogP contribution < -0.4 is 0 Å². The molecule has 1 atom stereocenters. The third-order valence-corrected chi connectivity index (χ3v) is 3.57. The lowest BCUT2D eigenvalue weighted by atomic mass is 9.92. The molecule has 0 saturated carbocycles. The summed E-state index contributed by atoms with van der Waals surface area (Å²) in [5.41, 5.74) is -1.34. The van der Waals surface area contributed by atoms with Crippen molar-refractivity contribution in [3.63, 3.8) is 0 Å². The molecule has 1 unspecified atom stereocenters. The van der Waals surface area contributed by atoms with Crippen LogP contribution in [0.1, 0.15) is 26.7 Å². The average Bonchev–Trinajstić information content (AvgIpc) is 2.63. The molecule has 0 radical (unpaired) electrons. The lowest BCUT2D eigenvalue weighted by Gasteiger charge is -2.30. The first-order chi connectivity index (χ1) is 7.76. The molecule has 0 aliphatic carbocycles. The summed E-state index contributed by atoms with van der Waals surface area (Å²) in [7, 11) is 3.72. The van der Waals surface area contributed by atoms with Gasteiger partial charge in [0, 0.05) is 19.6 Å². The van der Waals surface area contributed by atoms with Crippen molar-refractivity contribution in [2.45, 2.75) is 32.7 Å². The molecule has 17 heavy (non-hydrogen) atoms. The first-order valence-corrected chi connectivity index (χ1v) is 5.96. The van der Waals surface area contributed by atoms with Gasteiger partial charge in [0.15, 0.2) is 0 Å². The largest absolute Gasteiger partial charge is 0.480 e. The van der Waals surface area contributed by atoms with E-state index in [1.54, 1.807) is 11.9 Å². The summed E-state index contributed by atoms with van der Waals surface area (Å²) in [5.74, 6) is -1.40. The fourth-order valence-corrected chi connectivity index (χ4v) is 2.18. The van der Waals surface area contributed by atoms with Crippen LogP contribution in [0.5, 0.6) is 0 Å². The van der Waals surface area contributed by atoms with E-state index in [1.807, 2.05) is 7.05 Å². The summed E-state index contributed by atoms with van der Waals surface area (Å²) in [6.07, 6.45) is 2.22. The Morgan fingerprint density at radius 3 is 2.47 bits per heavy atom. The highest BCUT2D eigenvalue weighted by Crippen LogP contribution is 2.21. The minimum absolute atomic E-state index is 0.328. The first kappa shape index (κ1) is 14.0. The summed E-state index contributed by atoms with van der Waals surface area (Å²) in [6.45, 7) is 4.56. The van der Waals surface area contributed by atoms with Gasteiger partial charge in [0.1, 0.15) is 5.41 Å². The number of carboxylic acids is 1. The monoisotopic (exact) mass is 242 g/mol. The Hall–Kier alpha value is -1.10. The highest BCUT2D eigenvalue weighted by atomic mass is 16.4. The molecule has 1 amide bonds. The number of hydrogen-bond acceptors (Lipinski definition) is 3. The number of amides is 1. The molecule has 5 nitrogen and oxygen atoms in total. The second-order valence-electron chi connectivity index (χ2n) is 5.39. The second kappa shape index (κ2) is 5.04. The summed E-state index contributed by atoms with van der Waals surface area (Å²) in [4.78, 5) is 26.8. The molecule has 98 valence electrons. The van der Waals surface area contributed by atoms with Crippen molar-refractivity contribution < 1.29 is 14.7 Å². The quantitative estimate of drug-likeness (QED) is 0.735. The lowest BCUT2D eigenvalue weighted by Crippen LogP contribution is -2.47. The predicted molar refractivity (Wildman–Crippen MR) is 64.7 cm³/mol. The van der Waals surface area contributed by atoms with E-state index in [0.29, 0.717) is 12.6 Å². The fourth-order valence-electron chi connectivity index (χ4n) is 2.18. The molecule has 1 aliphatic rings. The SMILES string of the molecule is CN(CC1CCCN1C)C(=O)C(C)(C)C(=O)O. The number of likely N-dealkylation sites (tertiary alicyclic amines) is 1. The predicted octanol–water partition coefficient (Wildman–Crippen LogP) is 0.650. The summed E-state index contributed by atoms with van der Waals surface area (Å²) < 4.78 is 0. The number of carbonyl (C=O) groups excluding carboxylic acids is 1. The number of carbonyl (C=O) groups is 2. The second-order valence-corrected chi connectivity index (χ2v) is 5.39. The summed E-state index contributed by atoms with van der Waals surface area (Å²) in [6, 6.07) is 0.355. The van der Waals surface area contributed by atoms with E-state index in [1.165, 1.54) is 13.8 Å². The molecule has 5 heteroatoms. The molecule has 1 aliphatic heterocycles. The maximum atomic E-state index is 12.0. The van der Waals surface area contributed by atoms with E-state index in [2.05, 4.69) is 4.90 Å². The maximum Gasteiger partial charge on any atom is 0.318 e. The van der Waals surface area contributed by atoms with E-state index in [4.69, 9.17) is 5.11 Å². The number of carboxylic acid groups (broad SMARTS) is 1. The van der Waals surface area contributed by atoms with E-state index >= 15 is 0 Å². The number of aliphatic carboxylic acids is 1. The molecule has 1 N–H and O–H groups in total. The Morgan fingerprint density at radius 1 is 1.47 bits per heavy atom. The van der Waals surface area contributed by atoms with Gasteiger partial charge >= 0.3 is 5.97 Å². The number of nitrogens with zero attached hydrogens (tertiary/aromatic N) is 2. The van der Waals surface area contributed by atoms with Crippen LogP contribution in [-0.2, 0) is 9.59 Å². The van der Waals surface area contributed by atoms with Gasteiger partial charge in [0.05, 0.1) is 0 Å². The van der Waals surface area contributed by atoms with Gasteiger partial charge in [-0.25, -0.2) is 0 Å². The highest BCUT2D eigenvalue weighted by molar-refractivity contribution is 6.00. The summed E-state index contributed by atoms with van der Waals surface area (Å²) >= 11 is 0. The molecule has 0 aromatic heterocycles. The molecular formula is C12H22N2O3. The van der Waals surface area contributed by atoms with Crippen molar-refractivity contribution in [2.75, 3.05) is 27.2 Å². The third-order valence-electron chi connectivity index (χ3n) is 3.57. The molecular weight excluding hydrogens is 220 g/mol. The zero-order valence-electron chi connectivity index (χ0n) is 11.1. The molecule has 0 spiro atoms. The third kappa shape index (κ3) is 2.97. The van der Waals surface area contributed by atoms with Crippen LogP contribution in [0, 0.1) is 5.41 Å². The molecule has 1 saturated heterocycles. The molecule has 0 aromatic rings. The Morgan fingerprint density at radius 2 is 2.06 bits per heavy atom. The normalized spacial score (nSPS) is 21.5. The fraction of sp³-hybridized carbons (Fsp3) is 0.833. The van der Waals surface area contributed by atoms with Crippen LogP contribution in [0.25, 0.3) is 0 Å². The number of likely N-dealkylation sites (N-methyl/N-ethyl adjacent to an activating group) is 2. The van der Waals surface area contributed by atoms with E-state index < -0.39 is 11.4 Å². The van der Waals surface area contributed by atoms with Crippen molar-refractivity contribution in [2.24, 2.45) is 5.41 Å². The van der Waals surface area contributed by atoms with Gasteiger partial charge in [-0.05, 0) is 40.3 Å². The van der Waals surface area contributed by atoms with Crippen LogP contribution in [0.4, 0.5) is 0 Å².